The quantitative estimate of drug-likeness (QED) is 0.448. The molecule has 31 heavy (non-hydrogen) atoms. The lowest BCUT2D eigenvalue weighted by atomic mass is 10.0. The second kappa shape index (κ2) is 9.51. The van der Waals surface area contributed by atoms with Crippen molar-refractivity contribution in [1.29, 1.82) is 0 Å². The fourth-order valence-corrected chi connectivity index (χ4v) is 3.73. The molecule has 4 rings (SSSR count). The molecule has 0 bridgehead atoms. The predicted octanol–water partition coefficient (Wildman–Crippen LogP) is 3.69. The SMILES string of the molecule is CCCCn1cc(CCC)n(Cc2ccc(-c3ccccc3-c3nn[nH]n3)nc2)c1=O. The summed E-state index contributed by atoms with van der Waals surface area (Å²) >= 11 is 0. The van der Waals surface area contributed by atoms with Gasteiger partial charge in [-0.1, -0.05) is 57.0 Å². The van der Waals surface area contributed by atoms with E-state index in [9.17, 15) is 4.79 Å². The fourth-order valence-electron chi connectivity index (χ4n) is 3.73. The first-order valence-corrected chi connectivity index (χ1v) is 10.8. The molecular formula is C23H27N7O. The molecule has 0 aliphatic rings. The van der Waals surface area contributed by atoms with Crippen LogP contribution in [0.3, 0.4) is 0 Å². The van der Waals surface area contributed by atoms with Gasteiger partial charge in [0.15, 0.2) is 0 Å². The number of aromatic nitrogens is 7. The standard InChI is InChI=1S/C23H27N7O/c1-3-5-13-29-16-18(8-4-2)30(23(29)31)15-17-11-12-21(24-14-17)19-9-6-7-10-20(19)22-25-27-28-26-22/h6-7,9-12,14,16H,3-5,8,13,15H2,1-2H3,(H,25,26,27,28). The Morgan fingerprint density at radius 3 is 2.55 bits per heavy atom. The van der Waals surface area contributed by atoms with Gasteiger partial charge in [0.25, 0.3) is 0 Å². The molecule has 0 radical (unpaired) electrons. The van der Waals surface area contributed by atoms with Crippen LogP contribution < -0.4 is 5.69 Å². The Morgan fingerprint density at radius 1 is 1.03 bits per heavy atom. The first kappa shape index (κ1) is 20.7. The van der Waals surface area contributed by atoms with Crippen molar-refractivity contribution in [2.45, 2.75) is 52.6 Å². The van der Waals surface area contributed by atoms with E-state index in [2.05, 4.69) is 39.5 Å². The molecule has 0 spiro atoms. The van der Waals surface area contributed by atoms with Gasteiger partial charge in [-0.2, -0.15) is 5.21 Å². The number of nitrogens with one attached hydrogen (secondary N) is 1. The van der Waals surface area contributed by atoms with Gasteiger partial charge in [-0.25, -0.2) is 4.79 Å². The number of imidazole rings is 1. The first-order valence-electron chi connectivity index (χ1n) is 10.8. The summed E-state index contributed by atoms with van der Waals surface area (Å²) in [7, 11) is 0. The monoisotopic (exact) mass is 417 g/mol. The van der Waals surface area contributed by atoms with E-state index in [4.69, 9.17) is 0 Å². The third kappa shape index (κ3) is 4.47. The molecule has 8 heteroatoms. The Kier molecular flexibility index (Phi) is 6.35. The summed E-state index contributed by atoms with van der Waals surface area (Å²) in [4.78, 5) is 17.6. The Morgan fingerprint density at radius 2 is 1.87 bits per heavy atom. The molecule has 0 atom stereocenters. The molecule has 0 amide bonds. The summed E-state index contributed by atoms with van der Waals surface area (Å²) in [5, 5.41) is 14.3. The van der Waals surface area contributed by atoms with Gasteiger partial charge in [-0.3, -0.25) is 14.1 Å². The normalized spacial score (nSPS) is 11.2. The lowest BCUT2D eigenvalue weighted by Gasteiger charge is -2.09. The summed E-state index contributed by atoms with van der Waals surface area (Å²) in [5.41, 5.74) is 4.76. The second-order valence-electron chi connectivity index (χ2n) is 7.62. The van der Waals surface area contributed by atoms with Crippen molar-refractivity contribution >= 4 is 0 Å². The average Bonchev–Trinajstić information content (AvgIpc) is 3.43. The summed E-state index contributed by atoms with van der Waals surface area (Å²) < 4.78 is 3.72. The van der Waals surface area contributed by atoms with E-state index < -0.39 is 0 Å². The third-order valence-corrected chi connectivity index (χ3v) is 5.34. The smallest absolute Gasteiger partial charge is 0.299 e. The third-order valence-electron chi connectivity index (χ3n) is 5.34. The number of pyridine rings is 1. The summed E-state index contributed by atoms with van der Waals surface area (Å²) in [5.74, 6) is 0.533. The highest BCUT2D eigenvalue weighted by Crippen LogP contribution is 2.28. The number of nitrogens with zero attached hydrogens (tertiary/aromatic N) is 6. The predicted molar refractivity (Wildman–Crippen MR) is 120 cm³/mol. The Bertz CT molecular complexity index is 1170. The molecule has 8 nitrogen and oxygen atoms in total. The minimum Gasteiger partial charge on any atom is -0.299 e. The summed E-state index contributed by atoms with van der Waals surface area (Å²) in [6.07, 6.45) is 7.82. The molecule has 1 aromatic carbocycles. The van der Waals surface area contributed by atoms with Crippen molar-refractivity contribution in [3.63, 3.8) is 0 Å². The van der Waals surface area contributed by atoms with Crippen molar-refractivity contribution in [3.8, 4) is 22.6 Å². The van der Waals surface area contributed by atoms with Crippen molar-refractivity contribution in [2.75, 3.05) is 0 Å². The highest BCUT2D eigenvalue weighted by atomic mass is 16.1. The first-order chi connectivity index (χ1) is 15.2. The molecular weight excluding hydrogens is 390 g/mol. The lowest BCUT2D eigenvalue weighted by Crippen LogP contribution is -2.25. The molecule has 0 saturated heterocycles. The topological polar surface area (TPSA) is 94.3 Å². The summed E-state index contributed by atoms with van der Waals surface area (Å²) in [6.45, 7) is 5.56. The molecule has 0 fully saturated rings. The van der Waals surface area contributed by atoms with Crippen molar-refractivity contribution < 1.29 is 0 Å². The molecule has 3 heterocycles. The summed E-state index contributed by atoms with van der Waals surface area (Å²) in [6, 6.07) is 11.9. The highest BCUT2D eigenvalue weighted by molar-refractivity contribution is 5.78. The maximum Gasteiger partial charge on any atom is 0.328 e. The lowest BCUT2D eigenvalue weighted by molar-refractivity contribution is 0.592. The molecule has 160 valence electrons. The van der Waals surface area contributed by atoms with Crippen LogP contribution in [0.15, 0.2) is 53.6 Å². The van der Waals surface area contributed by atoms with Gasteiger partial charge in [-0.05, 0) is 29.7 Å². The van der Waals surface area contributed by atoms with Gasteiger partial charge in [-0.15, -0.1) is 10.2 Å². The van der Waals surface area contributed by atoms with Crippen molar-refractivity contribution in [3.05, 3.63) is 70.5 Å². The Hall–Kier alpha value is -3.55. The van der Waals surface area contributed by atoms with Gasteiger partial charge in [0.05, 0.1) is 12.2 Å². The van der Waals surface area contributed by atoms with E-state index in [0.29, 0.717) is 12.4 Å². The number of hydrogen-bond donors (Lipinski definition) is 1. The fraction of sp³-hybridized carbons (Fsp3) is 0.348. The van der Waals surface area contributed by atoms with E-state index in [1.54, 1.807) is 0 Å². The minimum absolute atomic E-state index is 0.0587. The van der Waals surface area contributed by atoms with Crippen molar-refractivity contribution in [2.24, 2.45) is 0 Å². The van der Waals surface area contributed by atoms with E-state index >= 15 is 0 Å². The zero-order valence-corrected chi connectivity index (χ0v) is 18.0. The number of benzene rings is 1. The van der Waals surface area contributed by atoms with Gasteiger partial charge in [0.1, 0.15) is 0 Å². The van der Waals surface area contributed by atoms with Crippen molar-refractivity contribution in [1.82, 2.24) is 34.7 Å². The molecule has 3 aromatic heterocycles. The molecule has 4 aromatic rings. The van der Waals surface area contributed by atoms with Gasteiger partial charge >= 0.3 is 5.69 Å². The highest BCUT2D eigenvalue weighted by Gasteiger charge is 2.13. The van der Waals surface area contributed by atoms with Crippen LogP contribution in [-0.4, -0.2) is 34.7 Å². The Labute approximate surface area is 181 Å². The van der Waals surface area contributed by atoms with Crippen LogP contribution in [0, 0.1) is 0 Å². The zero-order chi connectivity index (χ0) is 21.6. The van der Waals surface area contributed by atoms with Crippen LogP contribution in [0.2, 0.25) is 0 Å². The number of aromatic amines is 1. The van der Waals surface area contributed by atoms with Gasteiger partial charge in [0, 0.05) is 35.8 Å². The van der Waals surface area contributed by atoms with Crippen LogP contribution in [-0.2, 0) is 19.5 Å². The second-order valence-corrected chi connectivity index (χ2v) is 7.62. The van der Waals surface area contributed by atoms with Crippen LogP contribution in [0.25, 0.3) is 22.6 Å². The van der Waals surface area contributed by atoms with E-state index in [1.807, 2.05) is 57.9 Å². The van der Waals surface area contributed by atoms with E-state index in [-0.39, 0.29) is 5.69 Å². The maximum atomic E-state index is 12.9. The number of hydrogen-bond acceptors (Lipinski definition) is 5. The molecule has 0 saturated carbocycles. The van der Waals surface area contributed by atoms with Gasteiger partial charge in [0.2, 0.25) is 5.82 Å². The van der Waals surface area contributed by atoms with Gasteiger partial charge < -0.3 is 0 Å². The molecule has 1 N–H and O–H groups in total. The van der Waals surface area contributed by atoms with Crippen LogP contribution in [0.5, 0.6) is 0 Å². The zero-order valence-electron chi connectivity index (χ0n) is 18.0. The number of H-pyrrole nitrogens is 1. The maximum absolute atomic E-state index is 12.9. The number of rotatable bonds is 9. The van der Waals surface area contributed by atoms with Crippen LogP contribution in [0.4, 0.5) is 0 Å². The largest absolute Gasteiger partial charge is 0.328 e. The van der Waals surface area contributed by atoms with E-state index in [1.165, 1.54) is 0 Å². The molecule has 0 unspecified atom stereocenters. The molecule has 0 aliphatic carbocycles. The van der Waals surface area contributed by atoms with Crippen LogP contribution >= 0.6 is 0 Å². The number of unbranched alkanes of at least 4 members (excludes halogenated alkanes) is 1. The Balaban J connectivity index is 1.61. The molecule has 0 aliphatic heterocycles. The number of tetrazole rings is 1. The van der Waals surface area contributed by atoms with Crippen LogP contribution in [0.1, 0.15) is 44.4 Å². The number of aryl methyl sites for hydroxylation is 2. The average molecular weight is 418 g/mol. The minimum atomic E-state index is 0.0587. The van der Waals surface area contributed by atoms with E-state index in [0.717, 1.165) is 60.3 Å².